The van der Waals surface area contributed by atoms with Gasteiger partial charge in [-0.1, -0.05) is 6.42 Å². The summed E-state index contributed by atoms with van der Waals surface area (Å²) < 4.78 is 11.6. The minimum atomic E-state index is -0.496. The second-order valence-electron chi connectivity index (χ2n) is 7.37. The highest BCUT2D eigenvalue weighted by atomic mass is 35.5. The van der Waals surface area contributed by atoms with Crippen LogP contribution >= 0.6 is 12.4 Å². The fourth-order valence-electron chi connectivity index (χ4n) is 4.90. The van der Waals surface area contributed by atoms with E-state index in [0.29, 0.717) is 23.6 Å². The Hall–Kier alpha value is -1.21. The number of pyridine rings is 1. The highest BCUT2D eigenvalue weighted by Gasteiger charge is 2.53. The number of hydrogen-bond acceptors (Lipinski definition) is 5. The number of rotatable bonds is 6. The third-order valence-corrected chi connectivity index (χ3v) is 6.06. The first kappa shape index (κ1) is 21.1. The van der Waals surface area contributed by atoms with E-state index in [1.165, 1.54) is 6.42 Å². The minimum absolute atomic E-state index is 0. The van der Waals surface area contributed by atoms with Crippen molar-refractivity contribution in [3.8, 4) is 0 Å². The van der Waals surface area contributed by atoms with Crippen molar-refractivity contribution < 1.29 is 14.3 Å². The van der Waals surface area contributed by atoms with Crippen LogP contribution in [-0.2, 0) is 15.1 Å². The molecule has 2 heterocycles. The number of nitrogens with zero attached hydrogens (tertiary/aromatic N) is 2. The lowest BCUT2D eigenvalue weighted by Gasteiger charge is -2.56. The van der Waals surface area contributed by atoms with E-state index in [4.69, 9.17) is 15.2 Å². The molecule has 26 heavy (non-hydrogen) atoms. The Kier molecular flexibility index (Phi) is 7.02. The van der Waals surface area contributed by atoms with Crippen LogP contribution in [0.4, 0.5) is 0 Å². The van der Waals surface area contributed by atoms with Crippen molar-refractivity contribution in [2.75, 3.05) is 33.9 Å². The summed E-state index contributed by atoms with van der Waals surface area (Å²) in [5.74, 6) is 0.268. The zero-order chi connectivity index (χ0) is 18.0. The number of primary amides is 1. The van der Waals surface area contributed by atoms with Crippen molar-refractivity contribution >= 4 is 18.3 Å². The van der Waals surface area contributed by atoms with E-state index in [0.717, 1.165) is 38.1 Å². The lowest BCUT2D eigenvalue weighted by atomic mass is 9.62. The van der Waals surface area contributed by atoms with Crippen LogP contribution in [0.5, 0.6) is 0 Å². The molecule has 1 saturated heterocycles. The number of likely N-dealkylation sites (tertiary alicyclic amines) is 1. The van der Waals surface area contributed by atoms with E-state index < -0.39 is 5.91 Å². The first-order valence-electron chi connectivity index (χ1n) is 9.07. The number of ether oxygens (including phenoxy) is 2. The first-order chi connectivity index (χ1) is 12.0. The molecule has 2 bridgehead atoms. The smallest absolute Gasteiger partial charge is 0.267 e. The second-order valence-corrected chi connectivity index (χ2v) is 7.37. The van der Waals surface area contributed by atoms with Gasteiger partial charge < -0.3 is 15.2 Å². The number of halogens is 1. The molecule has 1 aromatic heterocycles. The van der Waals surface area contributed by atoms with Crippen LogP contribution in [0.3, 0.4) is 0 Å². The summed E-state index contributed by atoms with van der Waals surface area (Å²) in [5.41, 5.74) is 6.42. The van der Waals surface area contributed by atoms with Gasteiger partial charge in [0.05, 0.1) is 6.61 Å². The molecule has 2 fully saturated rings. The number of hydrogen-bond donors (Lipinski definition) is 1. The Morgan fingerprint density at radius 2 is 2.04 bits per heavy atom. The van der Waals surface area contributed by atoms with Gasteiger partial charge in [-0.3, -0.25) is 14.7 Å². The zero-order valence-corrected chi connectivity index (χ0v) is 16.6. The first-order valence-corrected chi connectivity index (χ1v) is 9.07. The van der Waals surface area contributed by atoms with Crippen molar-refractivity contribution in [3.05, 3.63) is 29.6 Å². The maximum Gasteiger partial charge on any atom is 0.267 e. The van der Waals surface area contributed by atoms with Crippen molar-refractivity contribution in [1.82, 2.24) is 9.88 Å². The number of carbonyl (C=O) groups excluding carboxylic acids is 1. The molecule has 0 aromatic carbocycles. The molecule has 0 spiro atoms. The summed E-state index contributed by atoms with van der Waals surface area (Å²) in [6.07, 6.45) is 5.14. The number of piperidine rings is 1. The molecule has 146 valence electrons. The highest BCUT2D eigenvalue weighted by Crippen LogP contribution is 2.51. The molecule has 2 N–H and O–H groups in total. The predicted molar refractivity (Wildman–Crippen MR) is 102 cm³/mol. The molecule has 0 radical (unpaired) electrons. The normalized spacial score (nSPS) is 29.7. The number of carbonyl (C=O) groups is 1. The van der Waals surface area contributed by atoms with Gasteiger partial charge in [-0.2, -0.15) is 0 Å². The molecule has 1 amide bonds. The van der Waals surface area contributed by atoms with Crippen molar-refractivity contribution in [2.45, 2.75) is 37.8 Å². The molecular formula is C19H30ClN3O3. The van der Waals surface area contributed by atoms with Gasteiger partial charge in [0.25, 0.3) is 5.91 Å². The summed E-state index contributed by atoms with van der Waals surface area (Å²) >= 11 is 0. The standard InChI is InChI=1S/C19H29N3O3.ClH/c1-13(12-24-2)22-10-15-5-4-6-16(11-22)19(15,25-3)14-7-8-21-17(9-14)18(20)23;/h7-9,13,15-16H,4-6,10-12H2,1-3H3,(H2,20,23);1H/t13?,15-,16+,19?;. The van der Waals surface area contributed by atoms with E-state index >= 15 is 0 Å². The molecule has 7 heteroatoms. The molecule has 3 rings (SSSR count). The highest BCUT2D eigenvalue weighted by molar-refractivity contribution is 5.90. The molecule has 2 aliphatic rings. The van der Waals surface area contributed by atoms with Crippen molar-refractivity contribution in [2.24, 2.45) is 17.6 Å². The van der Waals surface area contributed by atoms with Crippen molar-refractivity contribution in [1.29, 1.82) is 0 Å². The Morgan fingerprint density at radius 3 is 2.58 bits per heavy atom. The summed E-state index contributed by atoms with van der Waals surface area (Å²) in [4.78, 5) is 18.2. The summed E-state index contributed by atoms with van der Waals surface area (Å²) in [7, 11) is 3.55. The van der Waals surface area contributed by atoms with Crippen LogP contribution in [0, 0.1) is 11.8 Å². The third kappa shape index (κ3) is 3.60. The summed E-state index contributed by atoms with van der Waals surface area (Å²) in [6, 6.07) is 4.20. The Bertz CT molecular complexity index is 614. The molecule has 6 nitrogen and oxygen atoms in total. The monoisotopic (exact) mass is 383 g/mol. The SMILES string of the molecule is COCC(C)N1C[C@H]2CCC[C@@H](C1)C2(OC)c1ccnc(C(N)=O)c1.Cl. The van der Waals surface area contributed by atoms with Gasteiger partial charge in [0.15, 0.2) is 0 Å². The Morgan fingerprint density at radius 1 is 1.38 bits per heavy atom. The molecule has 1 aliphatic heterocycles. The Labute approximate surface area is 161 Å². The van der Waals surface area contributed by atoms with Crippen molar-refractivity contribution in [3.63, 3.8) is 0 Å². The van der Waals surface area contributed by atoms with E-state index in [-0.39, 0.29) is 18.0 Å². The van der Waals surface area contributed by atoms with Crippen LogP contribution < -0.4 is 5.73 Å². The van der Waals surface area contributed by atoms with E-state index in [9.17, 15) is 4.79 Å². The maximum atomic E-state index is 11.6. The second kappa shape index (κ2) is 8.65. The van der Waals surface area contributed by atoms with Gasteiger partial charge in [0.1, 0.15) is 11.3 Å². The summed E-state index contributed by atoms with van der Waals surface area (Å²) in [6.45, 7) is 4.91. The third-order valence-electron chi connectivity index (χ3n) is 6.06. The molecule has 1 saturated carbocycles. The van der Waals surface area contributed by atoms with Gasteiger partial charge in [-0.25, -0.2) is 0 Å². The molecule has 4 atom stereocenters. The average molecular weight is 384 g/mol. The van der Waals surface area contributed by atoms with Gasteiger partial charge in [-0.05, 0) is 37.5 Å². The van der Waals surface area contributed by atoms with Crippen LogP contribution in [0.1, 0.15) is 42.2 Å². The molecule has 2 unspecified atom stereocenters. The van der Waals surface area contributed by atoms with Crippen LogP contribution in [0.25, 0.3) is 0 Å². The molecule has 1 aliphatic carbocycles. The van der Waals surface area contributed by atoms with Crippen LogP contribution in [0.15, 0.2) is 18.3 Å². The van der Waals surface area contributed by atoms with Crippen LogP contribution in [-0.4, -0.2) is 55.7 Å². The predicted octanol–water partition coefficient (Wildman–Crippen LogP) is 2.21. The average Bonchev–Trinajstić information content (AvgIpc) is 2.60. The number of methoxy groups -OCH3 is 2. The zero-order valence-electron chi connectivity index (χ0n) is 15.8. The van der Waals surface area contributed by atoms with E-state index in [1.807, 2.05) is 12.1 Å². The quantitative estimate of drug-likeness (QED) is 0.814. The number of fused-ring (bicyclic) bond motifs is 2. The van der Waals surface area contributed by atoms with E-state index in [2.05, 4.69) is 16.8 Å². The Balaban J connectivity index is 0.00000243. The molecule has 1 aromatic rings. The fourth-order valence-corrected chi connectivity index (χ4v) is 4.90. The number of nitrogens with two attached hydrogens (primary N) is 1. The van der Waals surface area contributed by atoms with Gasteiger partial charge >= 0.3 is 0 Å². The number of aromatic nitrogens is 1. The molecular weight excluding hydrogens is 354 g/mol. The number of amides is 1. The van der Waals surface area contributed by atoms with Gasteiger partial charge in [-0.15, -0.1) is 12.4 Å². The maximum absolute atomic E-state index is 11.6. The van der Waals surface area contributed by atoms with Gasteiger partial charge in [0, 0.05) is 51.4 Å². The van der Waals surface area contributed by atoms with Gasteiger partial charge in [0.2, 0.25) is 0 Å². The lowest BCUT2D eigenvalue weighted by Crippen LogP contribution is -2.61. The fraction of sp³-hybridized carbons (Fsp3) is 0.684. The lowest BCUT2D eigenvalue weighted by molar-refractivity contribution is -0.175. The van der Waals surface area contributed by atoms with Crippen LogP contribution in [0.2, 0.25) is 0 Å². The summed E-state index contributed by atoms with van der Waals surface area (Å²) in [5, 5.41) is 0. The largest absolute Gasteiger partial charge is 0.383 e. The van der Waals surface area contributed by atoms with E-state index in [1.54, 1.807) is 20.4 Å². The minimum Gasteiger partial charge on any atom is -0.383 e. The topological polar surface area (TPSA) is 77.7 Å².